The minimum absolute atomic E-state index is 0.104. The number of amides is 1. The van der Waals surface area contributed by atoms with Crippen molar-refractivity contribution in [1.82, 2.24) is 9.97 Å². The molecule has 4 nitrogen and oxygen atoms in total. The van der Waals surface area contributed by atoms with Gasteiger partial charge in [-0.05, 0) is 40.2 Å². The highest BCUT2D eigenvalue weighted by atomic mass is 79.9. The van der Waals surface area contributed by atoms with Crippen LogP contribution < -0.4 is 4.90 Å². The summed E-state index contributed by atoms with van der Waals surface area (Å²) in [6.45, 7) is 0.654. The number of hydrogen-bond donors (Lipinski definition) is 1. The zero-order chi connectivity index (χ0) is 15.1. The van der Waals surface area contributed by atoms with E-state index in [1.165, 1.54) is 0 Å². The van der Waals surface area contributed by atoms with Crippen molar-refractivity contribution in [3.8, 4) is 0 Å². The number of H-pyrrole nitrogens is 1. The SMILES string of the molecule is O=C1C[C@@H](c2nc3ccccc3[nH]2)CN1c1ccccc1Br. The largest absolute Gasteiger partial charge is 0.342 e. The van der Waals surface area contributed by atoms with Crippen LogP contribution in [-0.4, -0.2) is 22.4 Å². The average molecular weight is 356 g/mol. The molecule has 0 aliphatic carbocycles. The Morgan fingerprint density at radius 3 is 2.73 bits per heavy atom. The second kappa shape index (κ2) is 5.25. The summed E-state index contributed by atoms with van der Waals surface area (Å²) < 4.78 is 0.939. The van der Waals surface area contributed by atoms with Gasteiger partial charge in [0.15, 0.2) is 0 Å². The van der Waals surface area contributed by atoms with Gasteiger partial charge in [-0.1, -0.05) is 24.3 Å². The van der Waals surface area contributed by atoms with Crippen molar-refractivity contribution in [2.45, 2.75) is 12.3 Å². The lowest BCUT2D eigenvalue weighted by atomic mass is 10.1. The molecule has 1 fully saturated rings. The Balaban J connectivity index is 1.66. The Morgan fingerprint density at radius 2 is 1.91 bits per heavy atom. The summed E-state index contributed by atoms with van der Waals surface area (Å²) in [4.78, 5) is 22.2. The summed E-state index contributed by atoms with van der Waals surface area (Å²) >= 11 is 3.52. The molecule has 22 heavy (non-hydrogen) atoms. The normalized spacial score (nSPS) is 18.3. The van der Waals surface area contributed by atoms with Gasteiger partial charge in [0.25, 0.3) is 0 Å². The van der Waals surface area contributed by atoms with E-state index in [9.17, 15) is 4.79 Å². The Bertz CT molecular complexity index is 825. The van der Waals surface area contributed by atoms with E-state index < -0.39 is 0 Å². The van der Waals surface area contributed by atoms with E-state index in [4.69, 9.17) is 0 Å². The Labute approximate surface area is 136 Å². The van der Waals surface area contributed by atoms with Crippen LogP contribution in [0.1, 0.15) is 18.2 Å². The first-order valence-electron chi connectivity index (χ1n) is 7.22. The molecule has 2 heterocycles. The first-order chi connectivity index (χ1) is 10.7. The van der Waals surface area contributed by atoms with Gasteiger partial charge >= 0.3 is 0 Å². The lowest BCUT2D eigenvalue weighted by Crippen LogP contribution is -2.24. The molecule has 0 bridgehead atoms. The fraction of sp³-hybridized carbons (Fsp3) is 0.176. The van der Waals surface area contributed by atoms with E-state index >= 15 is 0 Å². The molecule has 0 saturated carbocycles. The van der Waals surface area contributed by atoms with E-state index in [-0.39, 0.29) is 11.8 Å². The van der Waals surface area contributed by atoms with Gasteiger partial charge in [0.2, 0.25) is 5.91 Å². The molecule has 1 aliphatic rings. The van der Waals surface area contributed by atoms with Gasteiger partial charge in [-0.25, -0.2) is 4.98 Å². The Kier molecular flexibility index (Phi) is 3.22. The number of benzene rings is 2. The third-order valence-electron chi connectivity index (χ3n) is 4.06. The quantitative estimate of drug-likeness (QED) is 0.758. The number of nitrogens with one attached hydrogen (secondary N) is 1. The molecule has 1 amide bonds. The highest BCUT2D eigenvalue weighted by Gasteiger charge is 2.34. The summed E-state index contributed by atoms with van der Waals surface area (Å²) in [6.07, 6.45) is 0.487. The predicted octanol–water partition coefficient (Wildman–Crippen LogP) is 3.85. The topological polar surface area (TPSA) is 49.0 Å². The van der Waals surface area contributed by atoms with Crippen LogP contribution in [0.5, 0.6) is 0 Å². The molecule has 1 saturated heterocycles. The minimum Gasteiger partial charge on any atom is -0.342 e. The van der Waals surface area contributed by atoms with Gasteiger partial charge in [-0.2, -0.15) is 0 Å². The van der Waals surface area contributed by atoms with E-state index in [0.29, 0.717) is 13.0 Å². The molecular formula is C17H14BrN3O. The lowest BCUT2D eigenvalue weighted by molar-refractivity contribution is -0.117. The molecule has 110 valence electrons. The minimum atomic E-state index is 0.104. The van der Waals surface area contributed by atoms with Crippen LogP contribution in [0.25, 0.3) is 11.0 Å². The molecule has 2 aromatic carbocycles. The van der Waals surface area contributed by atoms with Crippen molar-refractivity contribution in [2.75, 3.05) is 11.4 Å². The molecule has 3 aromatic rings. The summed E-state index contributed by atoms with van der Waals surface area (Å²) in [7, 11) is 0. The maximum Gasteiger partial charge on any atom is 0.227 e. The van der Waals surface area contributed by atoms with Crippen LogP contribution in [0, 0.1) is 0 Å². The third-order valence-corrected chi connectivity index (χ3v) is 4.73. The van der Waals surface area contributed by atoms with Crippen LogP contribution >= 0.6 is 15.9 Å². The average Bonchev–Trinajstić information content (AvgIpc) is 3.11. The van der Waals surface area contributed by atoms with Crippen molar-refractivity contribution in [1.29, 1.82) is 0 Å². The number of halogens is 1. The van der Waals surface area contributed by atoms with Crippen molar-refractivity contribution in [3.05, 3.63) is 58.8 Å². The number of anilines is 1. The van der Waals surface area contributed by atoms with Gasteiger partial charge in [0.1, 0.15) is 5.82 Å². The predicted molar refractivity (Wildman–Crippen MR) is 89.9 cm³/mol. The molecule has 4 rings (SSSR count). The van der Waals surface area contributed by atoms with Crippen molar-refractivity contribution < 1.29 is 4.79 Å². The van der Waals surface area contributed by atoms with E-state index in [1.54, 1.807) is 0 Å². The first kappa shape index (κ1) is 13.5. The number of aromatic nitrogens is 2. The van der Waals surface area contributed by atoms with Gasteiger partial charge in [-0.15, -0.1) is 0 Å². The monoisotopic (exact) mass is 355 g/mol. The molecule has 0 radical (unpaired) electrons. The van der Waals surface area contributed by atoms with Gasteiger partial charge in [0, 0.05) is 23.4 Å². The van der Waals surface area contributed by atoms with Crippen LogP contribution in [0.3, 0.4) is 0 Å². The van der Waals surface area contributed by atoms with Gasteiger partial charge < -0.3 is 9.88 Å². The maximum absolute atomic E-state index is 12.4. The summed E-state index contributed by atoms with van der Waals surface area (Å²) in [6, 6.07) is 15.8. The van der Waals surface area contributed by atoms with Gasteiger partial charge in [-0.3, -0.25) is 4.79 Å². The smallest absolute Gasteiger partial charge is 0.227 e. The molecule has 0 spiro atoms. The number of nitrogens with zero attached hydrogens (tertiary/aromatic N) is 2. The molecule has 0 unspecified atom stereocenters. The van der Waals surface area contributed by atoms with Crippen molar-refractivity contribution >= 4 is 38.6 Å². The fourth-order valence-corrected chi connectivity index (χ4v) is 3.46. The number of imidazole rings is 1. The third kappa shape index (κ3) is 2.22. The standard InChI is InChI=1S/C17H14BrN3O/c18-12-5-1-4-8-15(12)21-10-11(9-16(21)22)17-19-13-6-2-3-7-14(13)20-17/h1-8,11H,9-10H2,(H,19,20)/t11-/m1/s1. The molecule has 1 atom stereocenters. The Morgan fingerprint density at radius 1 is 1.14 bits per heavy atom. The van der Waals surface area contributed by atoms with Crippen LogP contribution in [-0.2, 0) is 4.79 Å². The number of carbonyl (C=O) groups is 1. The van der Waals surface area contributed by atoms with E-state index in [1.807, 2.05) is 53.4 Å². The highest BCUT2D eigenvalue weighted by molar-refractivity contribution is 9.10. The molecule has 1 N–H and O–H groups in total. The second-order valence-corrected chi connectivity index (χ2v) is 6.35. The van der Waals surface area contributed by atoms with Crippen LogP contribution in [0.4, 0.5) is 5.69 Å². The number of hydrogen-bond acceptors (Lipinski definition) is 2. The van der Waals surface area contributed by atoms with Crippen molar-refractivity contribution in [3.63, 3.8) is 0 Å². The molecule has 1 aliphatic heterocycles. The second-order valence-electron chi connectivity index (χ2n) is 5.50. The van der Waals surface area contributed by atoms with Crippen LogP contribution in [0.2, 0.25) is 0 Å². The number of aromatic amines is 1. The fourth-order valence-electron chi connectivity index (χ4n) is 2.96. The van der Waals surface area contributed by atoms with E-state index in [0.717, 1.165) is 27.0 Å². The Hall–Kier alpha value is -2.14. The van der Waals surface area contributed by atoms with Crippen LogP contribution in [0.15, 0.2) is 53.0 Å². The maximum atomic E-state index is 12.4. The number of para-hydroxylation sites is 3. The highest BCUT2D eigenvalue weighted by Crippen LogP contribution is 2.34. The summed E-state index contributed by atoms with van der Waals surface area (Å²) in [5.41, 5.74) is 2.89. The number of carbonyl (C=O) groups excluding carboxylic acids is 1. The lowest BCUT2D eigenvalue weighted by Gasteiger charge is -2.17. The summed E-state index contributed by atoms with van der Waals surface area (Å²) in [5, 5.41) is 0. The number of rotatable bonds is 2. The zero-order valence-electron chi connectivity index (χ0n) is 11.8. The zero-order valence-corrected chi connectivity index (χ0v) is 13.4. The van der Waals surface area contributed by atoms with Crippen molar-refractivity contribution in [2.24, 2.45) is 0 Å². The van der Waals surface area contributed by atoms with E-state index in [2.05, 4.69) is 25.9 Å². The first-order valence-corrected chi connectivity index (χ1v) is 8.01. The molecule has 1 aromatic heterocycles. The number of fused-ring (bicyclic) bond motifs is 1. The molecular weight excluding hydrogens is 342 g/mol. The summed E-state index contributed by atoms with van der Waals surface area (Å²) in [5.74, 6) is 1.13. The molecule has 5 heteroatoms. The van der Waals surface area contributed by atoms with Gasteiger partial charge in [0.05, 0.1) is 16.7 Å².